The predicted molar refractivity (Wildman–Crippen MR) is 48.7 cm³/mol. The van der Waals surface area contributed by atoms with Crippen LogP contribution in [0.5, 0.6) is 0 Å². The maximum atomic E-state index is 4.08. The minimum absolute atomic E-state index is 0.753. The van der Waals surface area contributed by atoms with Crippen LogP contribution in [0.15, 0.2) is 12.2 Å². The molecule has 11 heavy (non-hydrogen) atoms. The fourth-order valence-electron chi connectivity index (χ4n) is 1.60. The monoisotopic (exact) mass is 154 g/mol. The fourth-order valence-corrected chi connectivity index (χ4v) is 1.60. The standard InChI is InChI=1S/C9H18N2/c1-8(7-10-2)9-3-5-11-6-4-9/h9-11H,1,3-7H2,2H3. The highest BCUT2D eigenvalue weighted by molar-refractivity contribution is 5.03. The number of likely N-dealkylation sites (N-methyl/N-ethyl adjacent to an activating group) is 1. The topological polar surface area (TPSA) is 24.1 Å². The van der Waals surface area contributed by atoms with Gasteiger partial charge in [0.1, 0.15) is 0 Å². The van der Waals surface area contributed by atoms with Crippen molar-refractivity contribution in [3.8, 4) is 0 Å². The Morgan fingerprint density at radius 2 is 2.18 bits per heavy atom. The van der Waals surface area contributed by atoms with Gasteiger partial charge in [0, 0.05) is 6.54 Å². The molecule has 0 unspecified atom stereocenters. The Bertz CT molecular complexity index is 126. The highest BCUT2D eigenvalue weighted by Gasteiger charge is 2.14. The minimum atomic E-state index is 0.753. The summed E-state index contributed by atoms with van der Waals surface area (Å²) in [7, 11) is 1.98. The highest BCUT2D eigenvalue weighted by Crippen LogP contribution is 2.18. The molecule has 64 valence electrons. The van der Waals surface area contributed by atoms with Gasteiger partial charge in [-0.05, 0) is 38.9 Å². The second-order valence-corrected chi connectivity index (χ2v) is 3.21. The summed E-state index contributed by atoms with van der Waals surface area (Å²) in [6.45, 7) is 7.37. The maximum absolute atomic E-state index is 4.08. The van der Waals surface area contributed by atoms with Crippen molar-refractivity contribution >= 4 is 0 Å². The Morgan fingerprint density at radius 1 is 1.55 bits per heavy atom. The van der Waals surface area contributed by atoms with E-state index in [1.165, 1.54) is 18.4 Å². The Kier molecular flexibility index (Phi) is 3.60. The first-order valence-electron chi connectivity index (χ1n) is 4.37. The summed E-state index contributed by atoms with van der Waals surface area (Å²) in [5.74, 6) is 0.753. The zero-order chi connectivity index (χ0) is 8.10. The van der Waals surface area contributed by atoms with Gasteiger partial charge in [0.2, 0.25) is 0 Å². The fraction of sp³-hybridized carbons (Fsp3) is 0.778. The lowest BCUT2D eigenvalue weighted by Gasteiger charge is -2.24. The van der Waals surface area contributed by atoms with Crippen LogP contribution >= 0.6 is 0 Å². The molecular weight excluding hydrogens is 136 g/mol. The van der Waals surface area contributed by atoms with E-state index < -0.39 is 0 Å². The molecule has 1 fully saturated rings. The van der Waals surface area contributed by atoms with Crippen molar-refractivity contribution in [2.75, 3.05) is 26.7 Å². The van der Waals surface area contributed by atoms with Crippen LogP contribution in [0.4, 0.5) is 0 Å². The van der Waals surface area contributed by atoms with Gasteiger partial charge in [-0.2, -0.15) is 0 Å². The molecular formula is C9H18N2. The van der Waals surface area contributed by atoms with Gasteiger partial charge in [0.15, 0.2) is 0 Å². The van der Waals surface area contributed by atoms with Crippen LogP contribution in [-0.4, -0.2) is 26.7 Å². The first-order chi connectivity index (χ1) is 5.34. The zero-order valence-electron chi connectivity index (χ0n) is 7.32. The van der Waals surface area contributed by atoms with E-state index in [1.54, 1.807) is 0 Å². The molecule has 0 amide bonds. The summed E-state index contributed by atoms with van der Waals surface area (Å²) in [4.78, 5) is 0. The third kappa shape index (κ3) is 2.64. The Hall–Kier alpha value is -0.340. The molecule has 2 N–H and O–H groups in total. The van der Waals surface area contributed by atoms with Gasteiger partial charge in [0.25, 0.3) is 0 Å². The van der Waals surface area contributed by atoms with Gasteiger partial charge in [0.05, 0.1) is 0 Å². The number of hydrogen-bond acceptors (Lipinski definition) is 2. The third-order valence-electron chi connectivity index (χ3n) is 2.32. The molecule has 0 radical (unpaired) electrons. The van der Waals surface area contributed by atoms with Crippen molar-refractivity contribution in [2.45, 2.75) is 12.8 Å². The molecule has 0 aliphatic carbocycles. The van der Waals surface area contributed by atoms with Crippen molar-refractivity contribution in [1.82, 2.24) is 10.6 Å². The summed E-state index contributed by atoms with van der Waals surface area (Å²) in [5.41, 5.74) is 1.37. The van der Waals surface area contributed by atoms with Crippen LogP contribution in [0.2, 0.25) is 0 Å². The second kappa shape index (κ2) is 4.52. The van der Waals surface area contributed by atoms with Crippen LogP contribution in [0.1, 0.15) is 12.8 Å². The molecule has 1 heterocycles. The Labute approximate surface area is 69.1 Å². The van der Waals surface area contributed by atoms with E-state index in [-0.39, 0.29) is 0 Å². The lowest BCUT2D eigenvalue weighted by atomic mass is 9.91. The summed E-state index contributed by atoms with van der Waals surface area (Å²) < 4.78 is 0. The molecule has 0 spiro atoms. The van der Waals surface area contributed by atoms with Gasteiger partial charge >= 0.3 is 0 Å². The number of piperidine rings is 1. The van der Waals surface area contributed by atoms with E-state index in [1.807, 2.05) is 7.05 Å². The zero-order valence-corrected chi connectivity index (χ0v) is 7.32. The molecule has 0 saturated carbocycles. The van der Waals surface area contributed by atoms with Crippen molar-refractivity contribution in [1.29, 1.82) is 0 Å². The summed E-state index contributed by atoms with van der Waals surface area (Å²) in [5, 5.41) is 6.49. The van der Waals surface area contributed by atoms with Gasteiger partial charge in [-0.1, -0.05) is 12.2 Å². The molecule has 1 rings (SSSR count). The van der Waals surface area contributed by atoms with E-state index in [2.05, 4.69) is 17.2 Å². The molecule has 0 aromatic heterocycles. The van der Waals surface area contributed by atoms with Crippen molar-refractivity contribution in [3.05, 3.63) is 12.2 Å². The second-order valence-electron chi connectivity index (χ2n) is 3.21. The summed E-state index contributed by atoms with van der Waals surface area (Å²) in [6, 6.07) is 0. The molecule has 1 aliphatic rings. The van der Waals surface area contributed by atoms with Crippen molar-refractivity contribution in [2.24, 2.45) is 5.92 Å². The van der Waals surface area contributed by atoms with Crippen LogP contribution in [0, 0.1) is 5.92 Å². The van der Waals surface area contributed by atoms with Gasteiger partial charge in [-0.25, -0.2) is 0 Å². The van der Waals surface area contributed by atoms with Crippen molar-refractivity contribution in [3.63, 3.8) is 0 Å². The van der Waals surface area contributed by atoms with Crippen LogP contribution in [0.25, 0.3) is 0 Å². The average molecular weight is 154 g/mol. The number of nitrogens with one attached hydrogen (secondary N) is 2. The summed E-state index contributed by atoms with van der Waals surface area (Å²) in [6.07, 6.45) is 2.53. The Morgan fingerprint density at radius 3 is 2.73 bits per heavy atom. The normalized spacial score (nSPS) is 20.1. The lowest BCUT2D eigenvalue weighted by Crippen LogP contribution is -2.30. The van der Waals surface area contributed by atoms with Crippen molar-refractivity contribution < 1.29 is 0 Å². The highest BCUT2D eigenvalue weighted by atomic mass is 14.9. The molecule has 2 heteroatoms. The summed E-state index contributed by atoms with van der Waals surface area (Å²) >= 11 is 0. The quantitative estimate of drug-likeness (QED) is 0.586. The molecule has 1 saturated heterocycles. The minimum Gasteiger partial charge on any atom is -0.317 e. The van der Waals surface area contributed by atoms with Crippen LogP contribution < -0.4 is 10.6 Å². The third-order valence-corrected chi connectivity index (χ3v) is 2.32. The molecule has 0 bridgehead atoms. The molecule has 0 aromatic carbocycles. The van der Waals surface area contributed by atoms with Gasteiger partial charge in [-0.15, -0.1) is 0 Å². The molecule has 1 aliphatic heterocycles. The first kappa shape index (κ1) is 8.75. The van der Waals surface area contributed by atoms with Crippen LogP contribution in [0.3, 0.4) is 0 Å². The number of rotatable bonds is 3. The maximum Gasteiger partial charge on any atom is 0.0161 e. The van der Waals surface area contributed by atoms with E-state index in [0.717, 1.165) is 25.6 Å². The first-order valence-corrected chi connectivity index (χ1v) is 4.37. The van der Waals surface area contributed by atoms with E-state index in [4.69, 9.17) is 0 Å². The predicted octanol–water partition coefficient (Wildman–Crippen LogP) is 0.762. The number of hydrogen-bond donors (Lipinski definition) is 2. The molecule has 0 atom stereocenters. The van der Waals surface area contributed by atoms with E-state index in [9.17, 15) is 0 Å². The lowest BCUT2D eigenvalue weighted by molar-refractivity contribution is 0.414. The van der Waals surface area contributed by atoms with E-state index >= 15 is 0 Å². The molecule has 0 aromatic rings. The average Bonchev–Trinajstić information content (AvgIpc) is 2.07. The molecule has 2 nitrogen and oxygen atoms in total. The van der Waals surface area contributed by atoms with Crippen LogP contribution in [-0.2, 0) is 0 Å². The Balaban J connectivity index is 2.27. The van der Waals surface area contributed by atoms with Gasteiger partial charge in [-0.3, -0.25) is 0 Å². The largest absolute Gasteiger partial charge is 0.317 e. The smallest absolute Gasteiger partial charge is 0.0161 e. The SMILES string of the molecule is C=C(CNC)C1CCNCC1. The van der Waals surface area contributed by atoms with E-state index in [0.29, 0.717) is 0 Å². The van der Waals surface area contributed by atoms with Gasteiger partial charge < -0.3 is 10.6 Å².